The van der Waals surface area contributed by atoms with Gasteiger partial charge in [0.25, 0.3) is 0 Å². The molecule has 0 aromatic carbocycles. The fourth-order valence-electron chi connectivity index (χ4n) is 1.60. The van der Waals surface area contributed by atoms with Crippen molar-refractivity contribution in [1.29, 1.82) is 0 Å². The van der Waals surface area contributed by atoms with Gasteiger partial charge in [0.15, 0.2) is 0 Å². The Bertz CT molecular complexity index is 466. The van der Waals surface area contributed by atoms with E-state index >= 15 is 0 Å². The summed E-state index contributed by atoms with van der Waals surface area (Å²) in [6.45, 7) is 8.53. The lowest BCUT2D eigenvalue weighted by Crippen LogP contribution is -2.24. The number of nitrogens with one attached hydrogen (secondary N) is 1. The molecule has 0 amide bonds. The Kier molecular flexibility index (Phi) is 3.31. The lowest BCUT2D eigenvalue weighted by atomic mass is 10.1. The summed E-state index contributed by atoms with van der Waals surface area (Å²) in [5.41, 5.74) is 0.649. The van der Waals surface area contributed by atoms with Gasteiger partial charge in [-0.3, -0.25) is 0 Å². The zero-order valence-corrected chi connectivity index (χ0v) is 10.7. The van der Waals surface area contributed by atoms with Gasteiger partial charge in [-0.25, -0.2) is 9.59 Å². The number of esters is 1. The standard InChI is InChI=1S/C12H17NO4/c1-6-8(11(16)17-12(3,4)5)7(2)13-9(6)10(14)15/h13H,1-5H3,(H,14,15). The van der Waals surface area contributed by atoms with Gasteiger partial charge in [-0.05, 0) is 40.2 Å². The van der Waals surface area contributed by atoms with Crippen LogP contribution in [0.3, 0.4) is 0 Å². The number of aromatic carboxylic acids is 1. The first-order valence-corrected chi connectivity index (χ1v) is 5.29. The molecule has 0 bridgehead atoms. The monoisotopic (exact) mass is 239 g/mol. The van der Waals surface area contributed by atoms with Crippen molar-refractivity contribution in [2.45, 2.75) is 40.2 Å². The van der Waals surface area contributed by atoms with Gasteiger partial charge in [-0.1, -0.05) is 0 Å². The molecule has 0 aliphatic heterocycles. The third-order valence-corrected chi connectivity index (χ3v) is 2.25. The van der Waals surface area contributed by atoms with Gasteiger partial charge < -0.3 is 14.8 Å². The predicted molar refractivity (Wildman–Crippen MR) is 62.4 cm³/mol. The van der Waals surface area contributed by atoms with Crippen LogP contribution in [0.25, 0.3) is 0 Å². The second-order valence-corrected chi connectivity index (χ2v) is 4.93. The number of aryl methyl sites for hydroxylation is 1. The van der Waals surface area contributed by atoms with Crippen molar-refractivity contribution in [1.82, 2.24) is 4.98 Å². The van der Waals surface area contributed by atoms with Crippen molar-refractivity contribution < 1.29 is 19.4 Å². The number of aromatic amines is 1. The van der Waals surface area contributed by atoms with Crippen LogP contribution in [-0.2, 0) is 4.74 Å². The molecular formula is C12H17NO4. The Morgan fingerprint density at radius 3 is 2.12 bits per heavy atom. The van der Waals surface area contributed by atoms with Crippen LogP contribution in [0.2, 0.25) is 0 Å². The molecule has 0 fully saturated rings. The first-order chi connectivity index (χ1) is 7.63. The van der Waals surface area contributed by atoms with Crippen molar-refractivity contribution in [3.8, 4) is 0 Å². The number of aromatic nitrogens is 1. The van der Waals surface area contributed by atoms with Gasteiger partial charge in [0.1, 0.15) is 11.3 Å². The summed E-state index contributed by atoms with van der Waals surface area (Å²) in [7, 11) is 0. The third kappa shape index (κ3) is 2.87. The molecule has 17 heavy (non-hydrogen) atoms. The van der Waals surface area contributed by atoms with Crippen molar-refractivity contribution in [3.63, 3.8) is 0 Å². The summed E-state index contributed by atoms with van der Waals surface area (Å²) in [5, 5.41) is 8.93. The highest BCUT2D eigenvalue weighted by Crippen LogP contribution is 2.21. The Balaban J connectivity index is 3.15. The molecule has 0 aliphatic carbocycles. The number of carbonyl (C=O) groups excluding carboxylic acids is 1. The number of hydrogen-bond acceptors (Lipinski definition) is 3. The van der Waals surface area contributed by atoms with Crippen LogP contribution in [0.1, 0.15) is 52.9 Å². The molecule has 0 atom stereocenters. The minimum Gasteiger partial charge on any atom is -0.477 e. The molecular weight excluding hydrogens is 222 g/mol. The molecule has 0 unspecified atom stereocenters. The Labute approximate surface area is 99.8 Å². The van der Waals surface area contributed by atoms with Crippen LogP contribution < -0.4 is 0 Å². The van der Waals surface area contributed by atoms with E-state index in [4.69, 9.17) is 9.84 Å². The number of hydrogen-bond donors (Lipinski definition) is 2. The van der Waals surface area contributed by atoms with Crippen molar-refractivity contribution in [3.05, 3.63) is 22.5 Å². The lowest BCUT2D eigenvalue weighted by Gasteiger charge is -2.19. The maximum Gasteiger partial charge on any atom is 0.352 e. The lowest BCUT2D eigenvalue weighted by molar-refractivity contribution is 0.00682. The van der Waals surface area contributed by atoms with E-state index in [-0.39, 0.29) is 5.69 Å². The molecule has 5 nitrogen and oxygen atoms in total. The summed E-state index contributed by atoms with van der Waals surface area (Å²) < 4.78 is 5.23. The molecule has 0 radical (unpaired) electrons. The second kappa shape index (κ2) is 4.24. The molecule has 0 saturated carbocycles. The number of carbonyl (C=O) groups is 2. The molecule has 1 heterocycles. The summed E-state index contributed by atoms with van der Waals surface area (Å²) in [6.07, 6.45) is 0. The van der Waals surface area contributed by atoms with E-state index in [1.807, 2.05) is 0 Å². The second-order valence-electron chi connectivity index (χ2n) is 4.93. The van der Waals surface area contributed by atoms with Crippen molar-refractivity contribution >= 4 is 11.9 Å². The van der Waals surface area contributed by atoms with E-state index in [0.717, 1.165) is 0 Å². The molecule has 5 heteroatoms. The van der Waals surface area contributed by atoms with Crippen LogP contribution in [0, 0.1) is 13.8 Å². The van der Waals surface area contributed by atoms with E-state index < -0.39 is 17.5 Å². The SMILES string of the molecule is Cc1[nH]c(C(=O)O)c(C)c1C(=O)OC(C)(C)C. The van der Waals surface area contributed by atoms with E-state index in [0.29, 0.717) is 16.8 Å². The quantitative estimate of drug-likeness (QED) is 0.776. The average Bonchev–Trinajstić information content (AvgIpc) is 2.38. The molecule has 0 aliphatic rings. The fourth-order valence-corrected chi connectivity index (χ4v) is 1.60. The van der Waals surface area contributed by atoms with Crippen LogP contribution in [-0.4, -0.2) is 27.6 Å². The molecule has 0 spiro atoms. The highest BCUT2D eigenvalue weighted by Gasteiger charge is 2.25. The minimum atomic E-state index is -1.08. The largest absolute Gasteiger partial charge is 0.477 e. The van der Waals surface area contributed by atoms with E-state index in [9.17, 15) is 9.59 Å². The minimum absolute atomic E-state index is 0.0309. The summed E-state index contributed by atoms with van der Waals surface area (Å²) in [6, 6.07) is 0. The molecule has 2 N–H and O–H groups in total. The van der Waals surface area contributed by atoms with Gasteiger partial charge in [0, 0.05) is 5.69 Å². The highest BCUT2D eigenvalue weighted by atomic mass is 16.6. The zero-order valence-electron chi connectivity index (χ0n) is 10.7. The number of carboxylic acids is 1. The van der Waals surface area contributed by atoms with Crippen LogP contribution >= 0.6 is 0 Å². The highest BCUT2D eigenvalue weighted by molar-refractivity contribution is 5.98. The first-order valence-electron chi connectivity index (χ1n) is 5.29. The fraction of sp³-hybridized carbons (Fsp3) is 0.500. The molecule has 94 valence electrons. The van der Waals surface area contributed by atoms with Crippen LogP contribution in [0.4, 0.5) is 0 Å². The Morgan fingerprint density at radius 1 is 1.24 bits per heavy atom. The predicted octanol–water partition coefficient (Wildman–Crippen LogP) is 2.29. The topological polar surface area (TPSA) is 79.4 Å². The van der Waals surface area contributed by atoms with Gasteiger partial charge in [-0.2, -0.15) is 0 Å². The van der Waals surface area contributed by atoms with E-state index in [2.05, 4.69) is 4.98 Å². The Morgan fingerprint density at radius 2 is 1.76 bits per heavy atom. The van der Waals surface area contributed by atoms with Crippen LogP contribution in [0.15, 0.2) is 0 Å². The molecule has 1 aromatic heterocycles. The third-order valence-electron chi connectivity index (χ3n) is 2.25. The normalized spacial score (nSPS) is 11.4. The number of ether oxygens (including phenoxy) is 1. The number of H-pyrrole nitrogens is 1. The Hall–Kier alpha value is -1.78. The maximum absolute atomic E-state index is 11.9. The van der Waals surface area contributed by atoms with E-state index in [1.165, 1.54) is 0 Å². The molecule has 1 rings (SSSR count). The summed E-state index contributed by atoms with van der Waals surface area (Å²) >= 11 is 0. The van der Waals surface area contributed by atoms with E-state index in [1.54, 1.807) is 34.6 Å². The van der Waals surface area contributed by atoms with Crippen molar-refractivity contribution in [2.24, 2.45) is 0 Å². The maximum atomic E-state index is 11.9. The summed E-state index contributed by atoms with van der Waals surface area (Å²) in [5.74, 6) is -1.59. The average molecular weight is 239 g/mol. The number of carboxylic acid groups (broad SMARTS) is 1. The van der Waals surface area contributed by atoms with Gasteiger partial charge in [0.2, 0.25) is 0 Å². The molecule has 1 aromatic rings. The van der Waals surface area contributed by atoms with Crippen molar-refractivity contribution in [2.75, 3.05) is 0 Å². The van der Waals surface area contributed by atoms with Gasteiger partial charge >= 0.3 is 11.9 Å². The smallest absolute Gasteiger partial charge is 0.352 e. The summed E-state index contributed by atoms with van der Waals surface area (Å²) in [4.78, 5) is 25.5. The number of rotatable bonds is 2. The van der Waals surface area contributed by atoms with Gasteiger partial charge in [-0.15, -0.1) is 0 Å². The van der Waals surface area contributed by atoms with Gasteiger partial charge in [0.05, 0.1) is 5.56 Å². The zero-order chi connectivity index (χ0) is 13.4. The molecule has 0 saturated heterocycles. The first kappa shape index (κ1) is 13.3. The van der Waals surface area contributed by atoms with Crippen LogP contribution in [0.5, 0.6) is 0 Å².